The number of fused-ring (bicyclic) bond motifs is 5. The molecule has 0 atom stereocenters. The summed E-state index contributed by atoms with van der Waals surface area (Å²) in [4.78, 5) is 10.5. The molecule has 241 valence electrons. The topological polar surface area (TPSA) is 38.9 Å². The van der Waals surface area contributed by atoms with E-state index >= 15 is 0 Å². The fourth-order valence-corrected chi connectivity index (χ4v) is 7.28. The molecule has 48 heavy (non-hydrogen) atoms. The number of hydrogen-bond acceptors (Lipinski definition) is 4. The normalized spacial score (nSPS) is 11.4. The number of aromatic nitrogens is 2. The van der Waals surface area contributed by atoms with E-state index in [2.05, 4.69) is 107 Å². The van der Waals surface area contributed by atoms with Crippen molar-refractivity contribution in [1.82, 2.24) is 9.97 Å². The van der Waals surface area contributed by atoms with Gasteiger partial charge in [0.2, 0.25) is 0 Å². The summed E-state index contributed by atoms with van der Waals surface area (Å²) >= 11 is 1.80. The molecule has 5 heteroatoms. The molecule has 0 unspecified atom stereocenters. The van der Waals surface area contributed by atoms with Gasteiger partial charge in [0.1, 0.15) is 5.58 Å². The first-order valence-corrected chi connectivity index (χ1v) is 16.7. The van der Waals surface area contributed by atoms with E-state index in [1.54, 1.807) is 17.5 Å². The van der Waals surface area contributed by atoms with Gasteiger partial charge in [-0.15, -0.1) is 65.4 Å². The van der Waals surface area contributed by atoms with Crippen molar-refractivity contribution in [3.05, 3.63) is 143 Å². The monoisotopic (exact) mass is 821 g/mol. The zero-order valence-corrected chi connectivity index (χ0v) is 31.1. The summed E-state index contributed by atoms with van der Waals surface area (Å²) in [6, 6.07) is 39.7. The van der Waals surface area contributed by atoms with Crippen LogP contribution in [0.1, 0.15) is 42.3 Å². The third kappa shape index (κ3) is 6.39. The summed E-state index contributed by atoms with van der Waals surface area (Å²) in [5.74, 6) is 0. The maximum absolute atomic E-state index is 6.58. The van der Waals surface area contributed by atoms with Crippen LogP contribution in [0, 0.1) is 32.9 Å². The molecule has 8 rings (SSSR count). The smallest absolute Gasteiger partial charge is 0.129 e. The summed E-state index contributed by atoms with van der Waals surface area (Å²) in [6.45, 7) is 13.3. The molecule has 4 aromatic carbocycles. The van der Waals surface area contributed by atoms with E-state index in [1.807, 2.05) is 54.7 Å². The van der Waals surface area contributed by atoms with E-state index in [0.717, 1.165) is 44.5 Å². The van der Waals surface area contributed by atoms with Crippen LogP contribution in [0.15, 0.2) is 114 Å². The molecule has 3 nitrogen and oxygen atoms in total. The third-order valence-electron chi connectivity index (χ3n) is 8.59. The molecule has 8 aromatic rings. The number of thiophene rings is 1. The summed E-state index contributed by atoms with van der Waals surface area (Å²) in [5, 5.41) is 3.43. The molecule has 0 bridgehead atoms. The van der Waals surface area contributed by atoms with Gasteiger partial charge in [0.25, 0.3) is 0 Å². The fraction of sp³-hybridized carbons (Fsp3) is 0.163. The molecule has 0 N–H and O–H groups in total. The molecule has 4 heterocycles. The predicted molar refractivity (Wildman–Crippen MR) is 198 cm³/mol. The van der Waals surface area contributed by atoms with Gasteiger partial charge in [-0.1, -0.05) is 74.2 Å². The first kappa shape index (κ1) is 33.5. The van der Waals surface area contributed by atoms with Crippen molar-refractivity contribution in [2.45, 2.75) is 47.0 Å². The molecule has 0 spiro atoms. The second kappa shape index (κ2) is 13.6. The zero-order chi connectivity index (χ0) is 32.7. The van der Waals surface area contributed by atoms with E-state index in [0.29, 0.717) is 0 Å². The van der Waals surface area contributed by atoms with Gasteiger partial charge in [0.15, 0.2) is 0 Å². The van der Waals surface area contributed by atoms with Gasteiger partial charge in [0.05, 0.1) is 5.58 Å². The number of benzene rings is 4. The SMILES string of the molecule is Cc1cc2c(ccc3c4cc[c-]c(-c5cc(C(C)(C)C)c(-c6c(C)cccc6C)cn5)c4oc23)s1.[Ir].[c-]1ccccc1-c1ccccn1. The Balaban J connectivity index is 0.000000260. The Hall–Kier alpha value is -4.41. The first-order chi connectivity index (χ1) is 22.7. The van der Waals surface area contributed by atoms with E-state index < -0.39 is 0 Å². The molecule has 0 amide bonds. The van der Waals surface area contributed by atoms with Crippen LogP contribution in [0.5, 0.6) is 0 Å². The van der Waals surface area contributed by atoms with Crippen molar-refractivity contribution in [2.24, 2.45) is 0 Å². The standard InChI is InChI=1S/C32H28NOS.C11H8N.Ir/c1-18-9-7-10-19(2)29(18)25-17-33-27(16-26(25)32(4,5)6)23-12-8-11-21-22-13-14-28-24(15-20(3)35-28)31(22)34-30(21)23;1-2-6-10(7-3-1)11-8-4-5-9-12-11;/h7-11,13-17H,1-6H3;1-6,8-9H;/q2*-1;. The maximum Gasteiger partial charge on any atom is 0.129 e. The van der Waals surface area contributed by atoms with E-state index in [4.69, 9.17) is 9.40 Å². The Morgan fingerprint density at radius 2 is 1.46 bits per heavy atom. The number of rotatable bonds is 3. The molecule has 0 saturated carbocycles. The van der Waals surface area contributed by atoms with Crippen LogP contribution in [0.4, 0.5) is 0 Å². The van der Waals surface area contributed by atoms with Crippen LogP contribution in [0.3, 0.4) is 0 Å². The Labute approximate surface area is 300 Å². The van der Waals surface area contributed by atoms with Crippen molar-refractivity contribution in [3.8, 4) is 33.6 Å². The third-order valence-corrected chi connectivity index (χ3v) is 9.60. The van der Waals surface area contributed by atoms with Gasteiger partial charge in [-0.2, -0.15) is 0 Å². The summed E-state index contributed by atoms with van der Waals surface area (Å²) in [6.07, 6.45) is 3.83. The maximum atomic E-state index is 6.58. The number of nitrogens with zero attached hydrogens (tertiary/aromatic N) is 2. The molecule has 0 saturated heterocycles. The molecule has 4 aromatic heterocycles. The number of pyridine rings is 2. The van der Waals surface area contributed by atoms with Gasteiger partial charge in [-0.25, -0.2) is 0 Å². The summed E-state index contributed by atoms with van der Waals surface area (Å²) in [5.41, 5.74) is 11.9. The molecule has 0 aliphatic carbocycles. The van der Waals surface area contributed by atoms with Crippen molar-refractivity contribution in [3.63, 3.8) is 0 Å². The average Bonchev–Trinajstić information content (AvgIpc) is 3.65. The second-order valence-corrected chi connectivity index (χ2v) is 14.3. The predicted octanol–water partition coefficient (Wildman–Crippen LogP) is 12.1. The Morgan fingerprint density at radius 1 is 0.688 bits per heavy atom. The minimum atomic E-state index is -0.0517. The van der Waals surface area contributed by atoms with Crippen LogP contribution in [-0.2, 0) is 25.5 Å². The van der Waals surface area contributed by atoms with Crippen LogP contribution in [0.2, 0.25) is 0 Å². The largest absolute Gasteiger partial charge is 0.500 e. The average molecular weight is 821 g/mol. The number of hydrogen-bond donors (Lipinski definition) is 0. The van der Waals surface area contributed by atoms with E-state index in [-0.39, 0.29) is 25.5 Å². The Morgan fingerprint density at radius 3 is 2.17 bits per heavy atom. The summed E-state index contributed by atoms with van der Waals surface area (Å²) in [7, 11) is 0. The molecular weight excluding hydrogens is 785 g/mol. The molecule has 0 fully saturated rings. The van der Waals surface area contributed by atoms with Gasteiger partial charge in [-0.3, -0.25) is 0 Å². The van der Waals surface area contributed by atoms with Crippen LogP contribution in [-0.4, -0.2) is 9.97 Å². The molecular formula is C43H36IrN2OS-2. The minimum Gasteiger partial charge on any atom is -0.500 e. The van der Waals surface area contributed by atoms with Crippen LogP contribution in [0.25, 0.3) is 65.7 Å². The van der Waals surface area contributed by atoms with E-state index in [1.165, 1.54) is 42.8 Å². The molecule has 1 radical (unpaired) electrons. The quantitative estimate of drug-likeness (QED) is 0.167. The number of aryl methyl sites for hydroxylation is 3. The molecule has 0 aliphatic heterocycles. The fourth-order valence-electron chi connectivity index (χ4n) is 6.36. The number of furan rings is 1. The minimum absolute atomic E-state index is 0. The van der Waals surface area contributed by atoms with Crippen molar-refractivity contribution >= 4 is 43.4 Å². The first-order valence-electron chi connectivity index (χ1n) is 15.9. The Kier molecular flexibility index (Phi) is 9.49. The summed E-state index contributed by atoms with van der Waals surface area (Å²) < 4.78 is 7.83. The van der Waals surface area contributed by atoms with Gasteiger partial charge >= 0.3 is 0 Å². The second-order valence-electron chi connectivity index (χ2n) is 13.0. The van der Waals surface area contributed by atoms with Gasteiger partial charge in [0, 0.05) is 58.4 Å². The van der Waals surface area contributed by atoms with Gasteiger partial charge in [-0.05, 0) is 78.0 Å². The van der Waals surface area contributed by atoms with E-state index in [9.17, 15) is 0 Å². The molecule has 0 aliphatic rings. The van der Waals surface area contributed by atoms with Crippen LogP contribution >= 0.6 is 11.3 Å². The van der Waals surface area contributed by atoms with Crippen molar-refractivity contribution in [2.75, 3.05) is 0 Å². The Bertz CT molecular complexity index is 2310. The van der Waals surface area contributed by atoms with Gasteiger partial charge < -0.3 is 14.4 Å². The zero-order valence-electron chi connectivity index (χ0n) is 27.9. The van der Waals surface area contributed by atoms with Crippen LogP contribution < -0.4 is 0 Å². The van der Waals surface area contributed by atoms with Crippen molar-refractivity contribution < 1.29 is 24.5 Å². The van der Waals surface area contributed by atoms with Crippen molar-refractivity contribution in [1.29, 1.82) is 0 Å².